The van der Waals surface area contributed by atoms with Crippen LogP contribution in [0.4, 0.5) is 0 Å². The van der Waals surface area contributed by atoms with E-state index in [9.17, 15) is 9.59 Å². The molecule has 0 saturated carbocycles. The van der Waals surface area contributed by atoms with Gasteiger partial charge in [-0.15, -0.1) is 0 Å². The van der Waals surface area contributed by atoms with Crippen LogP contribution in [-0.2, 0) is 19.1 Å². The Morgan fingerprint density at radius 2 is 2.25 bits per heavy atom. The quantitative estimate of drug-likeness (QED) is 0.473. The molecule has 0 radical (unpaired) electrons. The number of ether oxygens (including phenoxy) is 2. The van der Waals surface area contributed by atoms with Crippen molar-refractivity contribution < 1.29 is 24.2 Å². The van der Waals surface area contributed by atoms with Crippen molar-refractivity contribution in [2.45, 2.75) is 18.9 Å². The Balaban J connectivity index is 2.67. The summed E-state index contributed by atoms with van der Waals surface area (Å²) in [6.07, 6.45) is 0.196. The maximum atomic E-state index is 11.1. The van der Waals surface area contributed by atoms with Crippen LogP contribution in [-0.4, -0.2) is 35.9 Å². The Bertz CT molecular complexity index is 206. The molecule has 5 heteroatoms. The van der Waals surface area contributed by atoms with Crippen molar-refractivity contribution in [2.75, 3.05) is 13.2 Å². The van der Waals surface area contributed by atoms with Crippen LogP contribution in [0.25, 0.3) is 0 Å². The van der Waals surface area contributed by atoms with E-state index in [1.165, 1.54) is 0 Å². The van der Waals surface area contributed by atoms with Gasteiger partial charge in [0.25, 0.3) is 5.60 Å². The zero-order chi connectivity index (χ0) is 9.19. The number of hydrogen-bond acceptors (Lipinski definition) is 4. The number of carbonyl (C=O) groups is 2. The summed E-state index contributed by atoms with van der Waals surface area (Å²) in [7, 11) is 0. The average molecular weight is 174 g/mol. The second kappa shape index (κ2) is 3.10. The van der Waals surface area contributed by atoms with Gasteiger partial charge in [0, 0.05) is 6.42 Å². The molecule has 5 nitrogen and oxygen atoms in total. The van der Waals surface area contributed by atoms with E-state index in [1.807, 2.05) is 0 Å². The first-order valence-electron chi connectivity index (χ1n) is 3.68. The molecule has 0 aliphatic carbocycles. The lowest BCUT2D eigenvalue weighted by Crippen LogP contribution is -2.57. The molecule has 1 atom stereocenters. The fourth-order valence-corrected chi connectivity index (χ4v) is 0.971. The second-order valence-electron chi connectivity index (χ2n) is 2.45. The first-order chi connectivity index (χ1) is 5.63. The van der Waals surface area contributed by atoms with Gasteiger partial charge in [0.2, 0.25) is 0 Å². The van der Waals surface area contributed by atoms with Crippen molar-refractivity contribution in [3.05, 3.63) is 0 Å². The van der Waals surface area contributed by atoms with Crippen molar-refractivity contribution in [3.8, 4) is 0 Å². The highest BCUT2D eigenvalue weighted by Gasteiger charge is 2.54. The number of esters is 1. The lowest BCUT2D eigenvalue weighted by atomic mass is 9.95. The summed E-state index contributed by atoms with van der Waals surface area (Å²) in [5.74, 6) is -2.07. The fraction of sp³-hybridized carbons (Fsp3) is 0.714. The molecule has 1 fully saturated rings. The zero-order valence-electron chi connectivity index (χ0n) is 6.70. The van der Waals surface area contributed by atoms with Crippen LogP contribution in [0.5, 0.6) is 0 Å². The summed E-state index contributed by atoms with van der Waals surface area (Å²) in [6.45, 7) is 2.08. The van der Waals surface area contributed by atoms with E-state index in [-0.39, 0.29) is 13.0 Å². The molecule has 68 valence electrons. The SMILES string of the molecule is CCOC(=O)C1(C(=O)O)CCO1. The lowest BCUT2D eigenvalue weighted by molar-refractivity contribution is -0.211. The van der Waals surface area contributed by atoms with Crippen molar-refractivity contribution in [1.82, 2.24) is 0 Å². The lowest BCUT2D eigenvalue weighted by Gasteiger charge is -2.34. The molecule has 0 aromatic heterocycles. The largest absolute Gasteiger partial charge is 0.479 e. The number of aliphatic carboxylic acids is 1. The standard InChI is InChI=1S/C7H10O5/c1-2-11-6(10)7(5(8)9)3-4-12-7/h2-4H2,1H3,(H,8,9). The van der Waals surface area contributed by atoms with E-state index in [0.717, 1.165) is 0 Å². The van der Waals surface area contributed by atoms with Gasteiger partial charge in [-0.2, -0.15) is 0 Å². The number of carbonyl (C=O) groups excluding carboxylic acids is 1. The highest BCUT2D eigenvalue weighted by Crippen LogP contribution is 2.28. The number of hydrogen-bond donors (Lipinski definition) is 1. The minimum Gasteiger partial charge on any atom is -0.479 e. The Labute approximate surface area is 69.3 Å². The van der Waals surface area contributed by atoms with Crippen LogP contribution in [0.15, 0.2) is 0 Å². The van der Waals surface area contributed by atoms with Crippen LogP contribution in [0.1, 0.15) is 13.3 Å². The molecular weight excluding hydrogens is 164 g/mol. The maximum absolute atomic E-state index is 11.1. The monoisotopic (exact) mass is 174 g/mol. The van der Waals surface area contributed by atoms with E-state index in [4.69, 9.17) is 9.84 Å². The number of carboxylic acids is 1. The number of rotatable bonds is 3. The van der Waals surface area contributed by atoms with Crippen LogP contribution in [0, 0.1) is 0 Å². The first-order valence-corrected chi connectivity index (χ1v) is 3.68. The van der Waals surface area contributed by atoms with Crippen molar-refractivity contribution in [1.29, 1.82) is 0 Å². The van der Waals surface area contributed by atoms with Gasteiger partial charge >= 0.3 is 11.9 Å². The van der Waals surface area contributed by atoms with Crippen molar-refractivity contribution in [3.63, 3.8) is 0 Å². The summed E-state index contributed by atoms with van der Waals surface area (Å²) in [5.41, 5.74) is -1.71. The molecule has 0 aromatic carbocycles. The third-order valence-electron chi connectivity index (χ3n) is 1.75. The summed E-state index contributed by atoms with van der Waals surface area (Å²) in [6, 6.07) is 0. The van der Waals surface area contributed by atoms with Crippen molar-refractivity contribution in [2.24, 2.45) is 0 Å². The van der Waals surface area contributed by atoms with E-state index in [0.29, 0.717) is 6.61 Å². The smallest absolute Gasteiger partial charge is 0.350 e. The molecule has 12 heavy (non-hydrogen) atoms. The van der Waals surface area contributed by atoms with E-state index in [1.54, 1.807) is 6.92 Å². The first kappa shape index (κ1) is 8.99. The van der Waals surface area contributed by atoms with E-state index in [2.05, 4.69) is 4.74 Å². The van der Waals surface area contributed by atoms with Gasteiger partial charge in [0.05, 0.1) is 13.2 Å². The van der Waals surface area contributed by atoms with Crippen LogP contribution in [0.2, 0.25) is 0 Å². The summed E-state index contributed by atoms with van der Waals surface area (Å²) in [4.78, 5) is 21.7. The third kappa shape index (κ3) is 1.16. The molecule has 1 unspecified atom stereocenters. The van der Waals surface area contributed by atoms with Crippen molar-refractivity contribution >= 4 is 11.9 Å². The maximum Gasteiger partial charge on any atom is 0.350 e. The summed E-state index contributed by atoms with van der Waals surface area (Å²) >= 11 is 0. The average Bonchev–Trinajstić information content (AvgIpc) is 1.83. The molecule has 1 rings (SSSR count). The molecule has 0 spiro atoms. The molecule has 1 N–H and O–H groups in total. The highest BCUT2D eigenvalue weighted by atomic mass is 16.6. The Kier molecular flexibility index (Phi) is 2.32. The molecular formula is C7H10O5. The molecule has 1 aliphatic rings. The third-order valence-corrected chi connectivity index (χ3v) is 1.75. The van der Waals surface area contributed by atoms with Gasteiger partial charge in [0.1, 0.15) is 0 Å². The minimum absolute atomic E-state index is 0.164. The van der Waals surface area contributed by atoms with Gasteiger partial charge in [-0.05, 0) is 6.92 Å². The summed E-state index contributed by atoms with van der Waals surface area (Å²) in [5, 5.41) is 8.65. The van der Waals surface area contributed by atoms with E-state index >= 15 is 0 Å². The normalized spacial score (nSPS) is 27.4. The zero-order valence-corrected chi connectivity index (χ0v) is 6.70. The predicted octanol–water partition coefficient (Wildman–Crippen LogP) is -0.207. The molecule has 0 aromatic rings. The number of carboxylic acid groups (broad SMARTS) is 1. The van der Waals surface area contributed by atoms with Crippen LogP contribution >= 0.6 is 0 Å². The molecule has 1 heterocycles. The van der Waals surface area contributed by atoms with Gasteiger partial charge in [-0.25, -0.2) is 9.59 Å². The van der Waals surface area contributed by atoms with Gasteiger partial charge in [-0.1, -0.05) is 0 Å². The van der Waals surface area contributed by atoms with E-state index < -0.39 is 17.5 Å². The predicted molar refractivity (Wildman–Crippen MR) is 37.6 cm³/mol. The van der Waals surface area contributed by atoms with Gasteiger partial charge in [0.15, 0.2) is 0 Å². The molecule has 0 bridgehead atoms. The molecule has 1 aliphatic heterocycles. The Morgan fingerprint density at radius 1 is 1.67 bits per heavy atom. The van der Waals surface area contributed by atoms with Gasteiger partial charge in [-0.3, -0.25) is 0 Å². The van der Waals surface area contributed by atoms with Crippen LogP contribution < -0.4 is 0 Å². The second-order valence-corrected chi connectivity index (χ2v) is 2.45. The van der Waals surface area contributed by atoms with Crippen LogP contribution in [0.3, 0.4) is 0 Å². The van der Waals surface area contributed by atoms with Gasteiger partial charge < -0.3 is 14.6 Å². The fourth-order valence-electron chi connectivity index (χ4n) is 0.971. The highest BCUT2D eigenvalue weighted by molar-refractivity contribution is 6.03. The molecule has 0 amide bonds. The molecule has 1 saturated heterocycles. The Morgan fingerprint density at radius 3 is 2.50 bits per heavy atom. The Hall–Kier alpha value is -1.10. The minimum atomic E-state index is -1.71. The summed E-state index contributed by atoms with van der Waals surface area (Å²) < 4.78 is 9.29. The topological polar surface area (TPSA) is 72.8 Å².